The topological polar surface area (TPSA) is 46.3 Å². The van der Waals surface area contributed by atoms with Crippen molar-refractivity contribution in [3.63, 3.8) is 0 Å². The molecule has 3 nitrogen and oxygen atoms in total. The molecule has 2 aromatic rings. The largest absolute Gasteiger partial charge is 0.397 e. The van der Waals surface area contributed by atoms with E-state index < -0.39 is 0 Å². The number of nitrogen functional groups attached to an aromatic ring is 1. The summed E-state index contributed by atoms with van der Waals surface area (Å²) < 4.78 is 0. The van der Waals surface area contributed by atoms with Gasteiger partial charge in [0.2, 0.25) is 5.91 Å². The normalized spacial score (nSPS) is 10.3. The Kier molecular flexibility index (Phi) is 4.41. The maximum absolute atomic E-state index is 12.2. The van der Waals surface area contributed by atoms with Crippen molar-refractivity contribution >= 4 is 17.3 Å². The van der Waals surface area contributed by atoms with Gasteiger partial charge < -0.3 is 10.6 Å². The molecule has 104 valence electrons. The maximum Gasteiger partial charge on any atom is 0.227 e. The van der Waals surface area contributed by atoms with E-state index in [1.165, 1.54) is 11.1 Å². The molecule has 0 heterocycles. The molecule has 0 aliphatic rings. The average molecular weight is 268 g/mol. The lowest BCUT2D eigenvalue weighted by atomic mass is 10.1. The summed E-state index contributed by atoms with van der Waals surface area (Å²) in [5.41, 5.74) is 9.69. The first kappa shape index (κ1) is 14.1. The second-order valence-electron chi connectivity index (χ2n) is 5.00. The van der Waals surface area contributed by atoms with Crippen molar-refractivity contribution in [3.05, 3.63) is 59.7 Å². The van der Waals surface area contributed by atoms with Crippen LogP contribution >= 0.6 is 0 Å². The minimum absolute atomic E-state index is 0.0735. The number of rotatable bonds is 4. The molecule has 2 aromatic carbocycles. The Balaban J connectivity index is 2.00. The Morgan fingerprint density at radius 2 is 1.90 bits per heavy atom. The Hall–Kier alpha value is -2.29. The second kappa shape index (κ2) is 6.24. The van der Waals surface area contributed by atoms with Crippen LogP contribution in [0.25, 0.3) is 0 Å². The third-order valence-corrected chi connectivity index (χ3v) is 3.38. The number of nitrogens with zero attached hydrogens (tertiary/aromatic N) is 1. The van der Waals surface area contributed by atoms with Crippen LogP contribution in [-0.4, -0.2) is 13.0 Å². The molecule has 0 aliphatic heterocycles. The minimum Gasteiger partial charge on any atom is -0.397 e. The highest BCUT2D eigenvalue weighted by Gasteiger charge is 2.12. The summed E-state index contributed by atoms with van der Waals surface area (Å²) >= 11 is 0. The van der Waals surface area contributed by atoms with Crippen LogP contribution in [0, 0.1) is 6.92 Å². The molecule has 0 fully saturated rings. The van der Waals surface area contributed by atoms with Crippen molar-refractivity contribution in [1.29, 1.82) is 0 Å². The summed E-state index contributed by atoms with van der Waals surface area (Å²) in [6, 6.07) is 15.7. The van der Waals surface area contributed by atoms with E-state index >= 15 is 0 Å². The molecule has 1 amide bonds. The monoisotopic (exact) mass is 268 g/mol. The van der Waals surface area contributed by atoms with Gasteiger partial charge in [0.1, 0.15) is 0 Å². The highest BCUT2D eigenvalue weighted by atomic mass is 16.2. The van der Waals surface area contributed by atoms with Gasteiger partial charge in [0.25, 0.3) is 0 Å². The number of nitrogens with two attached hydrogens (primary N) is 1. The van der Waals surface area contributed by atoms with Crippen molar-refractivity contribution in [1.82, 2.24) is 0 Å². The molecule has 0 unspecified atom stereocenters. The number of hydrogen-bond acceptors (Lipinski definition) is 2. The van der Waals surface area contributed by atoms with Gasteiger partial charge in [0.05, 0.1) is 11.4 Å². The number of hydrogen-bond donors (Lipinski definition) is 1. The molecule has 3 heteroatoms. The molecule has 2 N–H and O–H groups in total. The lowest BCUT2D eigenvalue weighted by molar-refractivity contribution is -0.118. The van der Waals surface area contributed by atoms with E-state index in [4.69, 9.17) is 5.73 Å². The fourth-order valence-electron chi connectivity index (χ4n) is 2.21. The quantitative estimate of drug-likeness (QED) is 0.866. The Morgan fingerprint density at radius 3 is 2.60 bits per heavy atom. The van der Waals surface area contributed by atoms with Crippen molar-refractivity contribution in [2.45, 2.75) is 19.8 Å². The predicted octanol–water partition coefficient (Wildman–Crippen LogP) is 3.17. The van der Waals surface area contributed by atoms with E-state index in [1.807, 2.05) is 24.3 Å². The molecule has 0 aliphatic carbocycles. The van der Waals surface area contributed by atoms with Gasteiger partial charge >= 0.3 is 0 Å². The van der Waals surface area contributed by atoms with E-state index in [1.54, 1.807) is 18.0 Å². The number of carbonyl (C=O) groups excluding carboxylic acids is 1. The van der Waals surface area contributed by atoms with E-state index in [2.05, 4.69) is 25.1 Å². The average Bonchev–Trinajstić information content (AvgIpc) is 2.44. The molecule has 20 heavy (non-hydrogen) atoms. The van der Waals surface area contributed by atoms with Crippen molar-refractivity contribution in [3.8, 4) is 0 Å². The molecule has 0 saturated carbocycles. The highest BCUT2D eigenvalue weighted by Crippen LogP contribution is 2.22. The third-order valence-electron chi connectivity index (χ3n) is 3.38. The molecular weight excluding hydrogens is 248 g/mol. The number of benzene rings is 2. The van der Waals surface area contributed by atoms with Gasteiger partial charge in [0, 0.05) is 13.5 Å². The van der Waals surface area contributed by atoms with Crippen LogP contribution in [0.5, 0.6) is 0 Å². The van der Waals surface area contributed by atoms with Gasteiger partial charge in [-0.05, 0) is 31.0 Å². The van der Waals surface area contributed by atoms with Crippen LogP contribution in [-0.2, 0) is 11.2 Å². The summed E-state index contributed by atoms with van der Waals surface area (Å²) in [6.45, 7) is 2.06. The van der Waals surface area contributed by atoms with Crippen LogP contribution in [0.1, 0.15) is 17.5 Å². The van der Waals surface area contributed by atoms with E-state index in [0.29, 0.717) is 12.1 Å². The van der Waals surface area contributed by atoms with Gasteiger partial charge in [-0.3, -0.25) is 4.79 Å². The van der Waals surface area contributed by atoms with Gasteiger partial charge in [-0.2, -0.15) is 0 Å². The minimum atomic E-state index is 0.0735. The number of aryl methyl sites for hydroxylation is 2. The highest BCUT2D eigenvalue weighted by molar-refractivity contribution is 5.95. The molecular formula is C17H20N2O. The summed E-state index contributed by atoms with van der Waals surface area (Å²) in [6.07, 6.45) is 1.23. The van der Waals surface area contributed by atoms with Crippen LogP contribution < -0.4 is 10.6 Å². The number of amides is 1. The van der Waals surface area contributed by atoms with Crippen LogP contribution in [0.2, 0.25) is 0 Å². The Labute approximate surface area is 120 Å². The SMILES string of the molecule is Cc1cccc(CCC(=O)N(C)c2ccccc2N)c1. The molecule has 0 spiro atoms. The van der Waals surface area contributed by atoms with Gasteiger partial charge in [0.15, 0.2) is 0 Å². The van der Waals surface area contributed by atoms with Crippen LogP contribution in [0.4, 0.5) is 11.4 Å². The van der Waals surface area contributed by atoms with E-state index in [9.17, 15) is 4.79 Å². The summed E-state index contributed by atoms with van der Waals surface area (Å²) in [5, 5.41) is 0. The molecule has 0 radical (unpaired) electrons. The Morgan fingerprint density at radius 1 is 1.15 bits per heavy atom. The first-order valence-electron chi connectivity index (χ1n) is 6.74. The van der Waals surface area contributed by atoms with Crippen molar-refractivity contribution < 1.29 is 4.79 Å². The fraction of sp³-hybridized carbons (Fsp3) is 0.235. The van der Waals surface area contributed by atoms with Crippen LogP contribution in [0.15, 0.2) is 48.5 Å². The van der Waals surface area contributed by atoms with Crippen LogP contribution in [0.3, 0.4) is 0 Å². The zero-order chi connectivity index (χ0) is 14.5. The van der Waals surface area contributed by atoms with Crippen molar-refractivity contribution in [2.24, 2.45) is 0 Å². The predicted molar refractivity (Wildman–Crippen MR) is 83.8 cm³/mol. The lowest BCUT2D eigenvalue weighted by Crippen LogP contribution is -2.27. The zero-order valence-corrected chi connectivity index (χ0v) is 12.0. The lowest BCUT2D eigenvalue weighted by Gasteiger charge is -2.19. The molecule has 0 saturated heterocycles. The van der Waals surface area contributed by atoms with Crippen molar-refractivity contribution in [2.75, 3.05) is 17.7 Å². The number of anilines is 2. The first-order chi connectivity index (χ1) is 9.58. The number of carbonyl (C=O) groups is 1. The Bertz CT molecular complexity index is 607. The summed E-state index contributed by atoms with van der Waals surface area (Å²) in [7, 11) is 1.77. The fourth-order valence-corrected chi connectivity index (χ4v) is 2.21. The standard InChI is InChI=1S/C17H20N2O/c1-13-6-5-7-14(12-13)10-11-17(20)19(2)16-9-4-3-8-15(16)18/h3-9,12H,10-11,18H2,1-2H3. The molecule has 0 aromatic heterocycles. The zero-order valence-electron chi connectivity index (χ0n) is 12.0. The second-order valence-corrected chi connectivity index (χ2v) is 5.00. The van der Waals surface area contributed by atoms with E-state index in [-0.39, 0.29) is 5.91 Å². The third kappa shape index (κ3) is 3.38. The molecule has 0 bridgehead atoms. The maximum atomic E-state index is 12.2. The van der Waals surface area contributed by atoms with E-state index in [0.717, 1.165) is 12.1 Å². The van der Waals surface area contributed by atoms with Gasteiger partial charge in [-0.25, -0.2) is 0 Å². The van der Waals surface area contributed by atoms with Gasteiger partial charge in [-0.15, -0.1) is 0 Å². The van der Waals surface area contributed by atoms with Gasteiger partial charge in [-0.1, -0.05) is 42.0 Å². The number of para-hydroxylation sites is 2. The summed E-state index contributed by atoms with van der Waals surface area (Å²) in [4.78, 5) is 13.9. The first-order valence-corrected chi connectivity index (χ1v) is 6.74. The molecule has 0 atom stereocenters. The summed E-state index contributed by atoms with van der Waals surface area (Å²) in [5.74, 6) is 0.0735. The smallest absolute Gasteiger partial charge is 0.227 e. The molecule has 2 rings (SSSR count).